The summed E-state index contributed by atoms with van der Waals surface area (Å²) in [6, 6.07) is 17.2. The van der Waals surface area contributed by atoms with Gasteiger partial charge in [-0.05, 0) is 37.5 Å². The fourth-order valence-electron chi connectivity index (χ4n) is 2.77. The lowest BCUT2D eigenvalue weighted by Gasteiger charge is -2.14. The van der Waals surface area contributed by atoms with E-state index in [1.165, 1.54) is 5.56 Å². The monoisotopic (exact) mass is 382 g/mol. The number of nitrogens with two attached hydrogens (primary N) is 1. The molecular weight excluding hydrogens is 360 g/mol. The van der Waals surface area contributed by atoms with Crippen molar-refractivity contribution in [2.24, 2.45) is 0 Å². The summed E-state index contributed by atoms with van der Waals surface area (Å²) < 4.78 is 0.999. The van der Waals surface area contributed by atoms with Gasteiger partial charge in [-0.25, -0.2) is 9.66 Å². The Morgan fingerprint density at radius 3 is 2.67 bits per heavy atom. The van der Waals surface area contributed by atoms with Gasteiger partial charge in [0.25, 0.3) is 5.56 Å². The Balaban J connectivity index is 1.55. The van der Waals surface area contributed by atoms with Crippen molar-refractivity contribution in [2.75, 3.05) is 11.6 Å². The second kappa shape index (κ2) is 8.73. The van der Waals surface area contributed by atoms with Gasteiger partial charge < -0.3 is 11.2 Å². The number of nitrogen functional groups attached to an aromatic ring is 1. The summed E-state index contributed by atoms with van der Waals surface area (Å²) in [5.74, 6) is 5.88. The van der Waals surface area contributed by atoms with E-state index in [-0.39, 0.29) is 23.3 Å². The molecule has 1 atom stereocenters. The number of nitrogens with zero attached hydrogens (tertiary/aromatic N) is 2. The molecular formula is C20H22N4O2S. The van der Waals surface area contributed by atoms with Crippen LogP contribution in [0, 0.1) is 0 Å². The Morgan fingerprint density at radius 1 is 1.19 bits per heavy atom. The number of aromatic nitrogens is 2. The van der Waals surface area contributed by atoms with E-state index >= 15 is 0 Å². The molecule has 0 aliphatic carbocycles. The van der Waals surface area contributed by atoms with E-state index in [2.05, 4.69) is 22.4 Å². The van der Waals surface area contributed by atoms with Gasteiger partial charge in [-0.1, -0.05) is 54.2 Å². The molecule has 2 aromatic carbocycles. The van der Waals surface area contributed by atoms with Gasteiger partial charge in [0, 0.05) is 6.04 Å². The van der Waals surface area contributed by atoms with Crippen molar-refractivity contribution in [1.29, 1.82) is 0 Å². The number of para-hydroxylation sites is 1. The van der Waals surface area contributed by atoms with Crippen LogP contribution in [0.25, 0.3) is 10.9 Å². The first-order valence-corrected chi connectivity index (χ1v) is 9.76. The molecule has 7 heteroatoms. The Morgan fingerprint density at radius 2 is 1.89 bits per heavy atom. The molecule has 0 bridgehead atoms. The van der Waals surface area contributed by atoms with Crippen LogP contribution in [0.4, 0.5) is 0 Å². The van der Waals surface area contributed by atoms with Gasteiger partial charge in [-0.15, -0.1) is 0 Å². The maximum absolute atomic E-state index is 12.3. The van der Waals surface area contributed by atoms with Gasteiger partial charge in [-0.2, -0.15) is 0 Å². The lowest BCUT2D eigenvalue weighted by atomic mass is 10.1. The third kappa shape index (κ3) is 4.89. The van der Waals surface area contributed by atoms with E-state index in [9.17, 15) is 9.59 Å². The first-order chi connectivity index (χ1) is 13.0. The van der Waals surface area contributed by atoms with Crippen molar-refractivity contribution in [3.05, 3.63) is 70.5 Å². The Labute approximate surface area is 161 Å². The molecule has 0 spiro atoms. The van der Waals surface area contributed by atoms with Crippen molar-refractivity contribution >= 4 is 28.6 Å². The van der Waals surface area contributed by atoms with Crippen molar-refractivity contribution in [1.82, 2.24) is 15.0 Å². The molecule has 0 radical (unpaired) electrons. The van der Waals surface area contributed by atoms with Crippen LogP contribution in [0.2, 0.25) is 0 Å². The predicted octanol–water partition coefficient (Wildman–Crippen LogP) is 2.34. The zero-order valence-corrected chi connectivity index (χ0v) is 15.9. The van der Waals surface area contributed by atoms with Gasteiger partial charge in [-0.3, -0.25) is 9.59 Å². The molecule has 140 valence electrons. The highest BCUT2D eigenvalue weighted by atomic mass is 32.2. The topological polar surface area (TPSA) is 90.0 Å². The molecule has 0 unspecified atom stereocenters. The highest BCUT2D eigenvalue weighted by molar-refractivity contribution is 7.99. The number of rotatable bonds is 7. The van der Waals surface area contributed by atoms with Gasteiger partial charge in [0.2, 0.25) is 5.91 Å². The molecule has 1 heterocycles. The fraction of sp³-hybridized carbons (Fsp3) is 0.250. The summed E-state index contributed by atoms with van der Waals surface area (Å²) in [5, 5.41) is 3.76. The van der Waals surface area contributed by atoms with Crippen molar-refractivity contribution in [2.45, 2.75) is 31.0 Å². The molecule has 1 aromatic heterocycles. The Bertz CT molecular complexity index is 988. The van der Waals surface area contributed by atoms with Crippen molar-refractivity contribution < 1.29 is 4.79 Å². The van der Waals surface area contributed by atoms with E-state index in [1.807, 2.05) is 31.2 Å². The van der Waals surface area contributed by atoms with Gasteiger partial charge in [0.1, 0.15) is 0 Å². The van der Waals surface area contributed by atoms with Gasteiger partial charge >= 0.3 is 0 Å². The second-order valence-electron chi connectivity index (χ2n) is 6.37. The summed E-state index contributed by atoms with van der Waals surface area (Å²) in [6.07, 6.45) is 1.76. The number of fused-ring (bicyclic) bond motifs is 1. The zero-order valence-electron chi connectivity index (χ0n) is 15.1. The van der Waals surface area contributed by atoms with E-state index in [0.717, 1.165) is 29.3 Å². The summed E-state index contributed by atoms with van der Waals surface area (Å²) in [7, 11) is 0. The van der Waals surface area contributed by atoms with Crippen LogP contribution < -0.4 is 16.7 Å². The Hall–Kier alpha value is -2.80. The summed E-state index contributed by atoms with van der Waals surface area (Å²) >= 11 is 1.16. The van der Waals surface area contributed by atoms with Crippen molar-refractivity contribution in [3.8, 4) is 0 Å². The van der Waals surface area contributed by atoms with Crippen LogP contribution in [0.15, 0.2) is 64.5 Å². The largest absolute Gasteiger partial charge is 0.353 e. The van der Waals surface area contributed by atoms with Crippen LogP contribution in [0.1, 0.15) is 18.9 Å². The first kappa shape index (κ1) is 19.0. The number of nitrogens with one attached hydrogen (secondary N) is 1. The summed E-state index contributed by atoms with van der Waals surface area (Å²) in [5.41, 5.74) is 1.50. The lowest BCUT2D eigenvalue weighted by molar-refractivity contribution is -0.119. The molecule has 27 heavy (non-hydrogen) atoms. The minimum atomic E-state index is -0.320. The van der Waals surface area contributed by atoms with E-state index in [1.54, 1.807) is 18.2 Å². The zero-order chi connectivity index (χ0) is 19.2. The number of carbonyl (C=O) groups excluding carboxylic acids is 1. The molecule has 1 amide bonds. The quantitative estimate of drug-likeness (QED) is 0.372. The SMILES string of the molecule is C[C@H](CCc1ccccc1)NC(=O)CSc1nc2ccccc2c(=O)n1N. The number of benzene rings is 2. The first-order valence-electron chi connectivity index (χ1n) is 8.77. The third-order valence-corrected chi connectivity index (χ3v) is 5.18. The number of carbonyl (C=O) groups is 1. The van der Waals surface area contributed by atoms with E-state index in [0.29, 0.717) is 16.1 Å². The molecule has 6 nitrogen and oxygen atoms in total. The van der Waals surface area contributed by atoms with E-state index in [4.69, 9.17) is 5.84 Å². The van der Waals surface area contributed by atoms with Crippen LogP contribution in [0.5, 0.6) is 0 Å². The lowest BCUT2D eigenvalue weighted by Crippen LogP contribution is -2.35. The molecule has 0 saturated carbocycles. The van der Waals surface area contributed by atoms with Crippen LogP contribution in [-0.2, 0) is 11.2 Å². The van der Waals surface area contributed by atoms with Crippen LogP contribution in [-0.4, -0.2) is 27.4 Å². The number of hydrogen-bond acceptors (Lipinski definition) is 5. The smallest absolute Gasteiger partial charge is 0.280 e. The molecule has 3 rings (SSSR count). The molecule has 0 saturated heterocycles. The number of aryl methyl sites for hydroxylation is 1. The normalized spacial score (nSPS) is 12.0. The highest BCUT2D eigenvalue weighted by Crippen LogP contribution is 2.16. The standard InChI is InChI=1S/C20H22N4O2S/c1-14(11-12-15-7-3-2-4-8-15)22-18(25)13-27-20-23-17-10-6-5-9-16(17)19(26)24(20)21/h2-10,14H,11-13,21H2,1H3,(H,22,25)/t14-/m1/s1. The third-order valence-electron chi connectivity index (χ3n) is 4.22. The summed E-state index contributed by atoms with van der Waals surface area (Å²) in [4.78, 5) is 28.9. The fourth-order valence-corrected chi connectivity index (χ4v) is 3.50. The van der Waals surface area contributed by atoms with Crippen molar-refractivity contribution in [3.63, 3.8) is 0 Å². The molecule has 0 aliphatic heterocycles. The minimum Gasteiger partial charge on any atom is -0.353 e. The van der Waals surface area contributed by atoms with Crippen LogP contribution >= 0.6 is 11.8 Å². The highest BCUT2D eigenvalue weighted by Gasteiger charge is 2.13. The van der Waals surface area contributed by atoms with Gasteiger partial charge in [0.05, 0.1) is 16.7 Å². The van der Waals surface area contributed by atoms with E-state index < -0.39 is 0 Å². The Kier molecular flexibility index (Phi) is 6.13. The molecule has 3 aromatic rings. The molecule has 0 aliphatic rings. The van der Waals surface area contributed by atoms with Crippen LogP contribution in [0.3, 0.4) is 0 Å². The maximum Gasteiger partial charge on any atom is 0.280 e. The molecule has 3 N–H and O–H groups in total. The predicted molar refractivity (Wildman–Crippen MR) is 109 cm³/mol. The minimum absolute atomic E-state index is 0.0583. The average molecular weight is 382 g/mol. The second-order valence-corrected chi connectivity index (χ2v) is 7.31. The number of amides is 1. The molecule has 0 fully saturated rings. The number of thioether (sulfide) groups is 1. The number of hydrogen-bond donors (Lipinski definition) is 2. The average Bonchev–Trinajstić information content (AvgIpc) is 2.69. The van der Waals surface area contributed by atoms with Gasteiger partial charge in [0.15, 0.2) is 5.16 Å². The summed E-state index contributed by atoms with van der Waals surface area (Å²) in [6.45, 7) is 1.98. The maximum atomic E-state index is 12.3.